The highest BCUT2D eigenvalue weighted by Gasteiger charge is 2.44. The summed E-state index contributed by atoms with van der Waals surface area (Å²) in [7, 11) is 1.29. The minimum Gasteiger partial charge on any atom is -0.444 e. The van der Waals surface area contributed by atoms with Crippen molar-refractivity contribution in [2.45, 2.75) is 64.5 Å². The highest BCUT2D eigenvalue weighted by Crippen LogP contribution is 2.39. The number of carbonyl (C=O) groups excluding carboxylic acids is 3. The maximum atomic E-state index is 14.0. The van der Waals surface area contributed by atoms with Gasteiger partial charge in [0, 0.05) is 51.6 Å². The van der Waals surface area contributed by atoms with Gasteiger partial charge in [0.05, 0.1) is 17.0 Å². The molecule has 2 aliphatic heterocycles. The molecule has 2 saturated heterocycles. The third kappa shape index (κ3) is 8.11. The SMILES string of the molecule is Cc1cc(F)ccc1[C@@H]1CN(C(=O)C2CN(C(=O)OC(C)(C)C)C2)CC[C@H]1C(=O)N(C)Cc1cc(C(F)(F)F)cc(C(F)(F)F)c1. The summed E-state index contributed by atoms with van der Waals surface area (Å²) in [5, 5.41) is 0. The van der Waals surface area contributed by atoms with E-state index in [1.165, 1.54) is 30.1 Å². The maximum Gasteiger partial charge on any atom is 0.416 e. The van der Waals surface area contributed by atoms with Gasteiger partial charge in [0.15, 0.2) is 0 Å². The number of likely N-dealkylation sites (tertiary alicyclic amines) is 2. The third-order valence-corrected chi connectivity index (χ3v) is 8.20. The molecule has 4 rings (SSSR count). The standard InChI is InChI=1S/C32H36F7N3O4/c1-18-10-23(33)6-7-24(18)26-17-41(27(43)20-15-42(16-20)29(45)46-30(2,3)4)9-8-25(26)28(44)40(5)14-19-11-21(31(34,35)36)13-22(12-19)32(37,38)39/h6-7,10-13,20,25-26H,8-9,14-17H2,1-5H3/t25-,26+/m1/s1. The number of benzene rings is 2. The molecule has 0 bridgehead atoms. The molecule has 0 N–H and O–H groups in total. The molecule has 46 heavy (non-hydrogen) atoms. The summed E-state index contributed by atoms with van der Waals surface area (Å²) in [4.78, 5) is 43.6. The number of piperidine rings is 1. The molecular weight excluding hydrogens is 623 g/mol. The number of carbonyl (C=O) groups is 3. The molecule has 0 saturated carbocycles. The zero-order valence-electron chi connectivity index (χ0n) is 26.1. The van der Waals surface area contributed by atoms with Crippen molar-refractivity contribution in [3.8, 4) is 0 Å². The zero-order valence-corrected chi connectivity index (χ0v) is 26.1. The van der Waals surface area contributed by atoms with Gasteiger partial charge < -0.3 is 19.4 Å². The number of aryl methyl sites for hydroxylation is 1. The van der Waals surface area contributed by atoms with E-state index < -0.39 is 71.2 Å². The van der Waals surface area contributed by atoms with Crippen LogP contribution in [0.25, 0.3) is 0 Å². The first kappa shape index (κ1) is 35.0. The van der Waals surface area contributed by atoms with Crippen LogP contribution in [0.3, 0.4) is 0 Å². The number of amides is 3. The fraction of sp³-hybridized carbons (Fsp3) is 0.531. The largest absolute Gasteiger partial charge is 0.444 e. The maximum absolute atomic E-state index is 14.0. The summed E-state index contributed by atoms with van der Waals surface area (Å²) in [6, 6.07) is 5.22. The monoisotopic (exact) mass is 659 g/mol. The lowest BCUT2D eigenvalue weighted by Gasteiger charge is -2.44. The minimum atomic E-state index is -5.03. The van der Waals surface area contributed by atoms with Crippen LogP contribution in [0.5, 0.6) is 0 Å². The van der Waals surface area contributed by atoms with Gasteiger partial charge in [-0.15, -0.1) is 0 Å². The molecule has 0 aliphatic carbocycles. The number of rotatable bonds is 5. The predicted molar refractivity (Wildman–Crippen MR) is 153 cm³/mol. The molecule has 2 atom stereocenters. The molecule has 14 heteroatoms. The van der Waals surface area contributed by atoms with Crippen LogP contribution in [0, 0.1) is 24.6 Å². The van der Waals surface area contributed by atoms with Crippen LogP contribution in [0.2, 0.25) is 0 Å². The molecule has 0 spiro atoms. The van der Waals surface area contributed by atoms with Crippen molar-refractivity contribution < 1.29 is 49.9 Å². The molecule has 2 aliphatic rings. The first-order valence-corrected chi connectivity index (χ1v) is 14.7. The fourth-order valence-electron chi connectivity index (χ4n) is 5.93. The molecule has 252 valence electrons. The van der Waals surface area contributed by atoms with E-state index in [1.807, 2.05) is 0 Å². The van der Waals surface area contributed by atoms with Crippen LogP contribution >= 0.6 is 0 Å². The van der Waals surface area contributed by atoms with Gasteiger partial charge in [-0.2, -0.15) is 26.3 Å². The van der Waals surface area contributed by atoms with Gasteiger partial charge in [-0.3, -0.25) is 9.59 Å². The second-order valence-electron chi connectivity index (χ2n) is 13.0. The average Bonchev–Trinajstić information content (AvgIpc) is 2.89. The molecule has 0 aromatic heterocycles. The molecule has 3 amide bonds. The second-order valence-corrected chi connectivity index (χ2v) is 13.0. The molecule has 2 aromatic carbocycles. The Hall–Kier alpha value is -3.84. The van der Waals surface area contributed by atoms with Crippen LogP contribution in [0.1, 0.15) is 60.9 Å². The summed E-state index contributed by atoms with van der Waals surface area (Å²) in [6.45, 7) is 6.86. The predicted octanol–water partition coefficient (Wildman–Crippen LogP) is 6.63. The highest BCUT2D eigenvalue weighted by molar-refractivity contribution is 5.84. The summed E-state index contributed by atoms with van der Waals surface area (Å²) in [6.07, 6.45) is -10.5. The van der Waals surface area contributed by atoms with Gasteiger partial charge in [0.25, 0.3) is 0 Å². The number of nitrogens with zero attached hydrogens (tertiary/aromatic N) is 3. The Morgan fingerprint density at radius 1 is 0.891 bits per heavy atom. The van der Waals surface area contributed by atoms with E-state index in [0.29, 0.717) is 23.3 Å². The van der Waals surface area contributed by atoms with Crippen molar-refractivity contribution in [1.82, 2.24) is 14.7 Å². The Kier molecular flexibility index (Phi) is 9.71. The number of ether oxygens (including phenoxy) is 1. The lowest BCUT2D eigenvalue weighted by molar-refractivity contribution is -0.146. The Balaban J connectivity index is 1.54. The molecule has 2 heterocycles. The van der Waals surface area contributed by atoms with Crippen molar-refractivity contribution >= 4 is 17.9 Å². The topological polar surface area (TPSA) is 70.2 Å². The molecule has 0 radical (unpaired) electrons. The van der Waals surface area contributed by atoms with E-state index >= 15 is 0 Å². The molecular formula is C32H36F7N3O4. The Bertz CT molecular complexity index is 1450. The second kappa shape index (κ2) is 12.7. The number of alkyl halides is 6. The van der Waals surface area contributed by atoms with Crippen molar-refractivity contribution in [3.63, 3.8) is 0 Å². The van der Waals surface area contributed by atoms with Crippen LogP contribution in [0.15, 0.2) is 36.4 Å². The van der Waals surface area contributed by atoms with E-state index in [-0.39, 0.29) is 50.1 Å². The van der Waals surface area contributed by atoms with Crippen LogP contribution in [0.4, 0.5) is 35.5 Å². The average molecular weight is 660 g/mol. The van der Waals surface area contributed by atoms with Crippen LogP contribution in [-0.4, -0.2) is 71.4 Å². The van der Waals surface area contributed by atoms with E-state index in [4.69, 9.17) is 4.74 Å². The quantitative estimate of drug-likeness (QED) is 0.338. The van der Waals surface area contributed by atoms with Gasteiger partial charge in [-0.1, -0.05) is 6.07 Å². The lowest BCUT2D eigenvalue weighted by atomic mass is 9.77. The van der Waals surface area contributed by atoms with Gasteiger partial charge in [0.1, 0.15) is 11.4 Å². The molecule has 7 nitrogen and oxygen atoms in total. The van der Waals surface area contributed by atoms with Crippen LogP contribution in [-0.2, 0) is 33.2 Å². The van der Waals surface area contributed by atoms with Crippen molar-refractivity contribution in [3.05, 3.63) is 70.0 Å². The van der Waals surface area contributed by atoms with Gasteiger partial charge in [-0.05, 0) is 81.1 Å². The van der Waals surface area contributed by atoms with E-state index in [0.717, 1.165) is 4.90 Å². The smallest absolute Gasteiger partial charge is 0.416 e. The number of hydrogen-bond donors (Lipinski definition) is 0. The van der Waals surface area contributed by atoms with Crippen molar-refractivity contribution in [2.24, 2.45) is 11.8 Å². The highest BCUT2D eigenvalue weighted by atomic mass is 19.4. The number of hydrogen-bond acceptors (Lipinski definition) is 4. The molecule has 2 fully saturated rings. The van der Waals surface area contributed by atoms with E-state index in [9.17, 15) is 45.1 Å². The molecule has 2 aromatic rings. The first-order chi connectivity index (χ1) is 21.1. The minimum absolute atomic E-state index is 0.0280. The lowest BCUT2D eigenvalue weighted by Crippen LogP contribution is -2.59. The number of halogens is 7. The zero-order chi connectivity index (χ0) is 34.4. The van der Waals surface area contributed by atoms with Gasteiger partial charge in [0.2, 0.25) is 11.8 Å². The third-order valence-electron chi connectivity index (χ3n) is 8.20. The van der Waals surface area contributed by atoms with E-state index in [2.05, 4.69) is 0 Å². The van der Waals surface area contributed by atoms with Gasteiger partial charge >= 0.3 is 18.4 Å². The molecule has 0 unspecified atom stereocenters. The Morgan fingerprint density at radius 3 is 2.00 bits per heavy atom. The van der Waals surface area contributed by atoms with Crippen molar-refractivity contribution in [2.75, 3.05) is 33.2 Å². The Labute approximate surface area is 262 Å². The van der Waals surface area contributed by atoms with E-state index in [1.54, 1.807) is 32.6 Å². The van der Waals surface area contributed by atoms with Crippen LogP contribution < -0.4 is 0 Å². The first-order valence-electron chi connectivity index (χ1n) is 14.7. The summed E-state index contributed by atoms with van der Waals surface area (Å²) in [5.74, 6) is -3.19. The van der Waals surface area contributed by atoms with Gasteiger partial charge in [-0.25, -0.2) is 9.18 Å². The summed E-state index contributed by atoms with van der Waals surface area (Å²) < 4.78 is 99.8. The summed E-state index contributed by atoms with van der Waals surface area (Å²) in [5.41, 5.74) is -2.90. The Morgan fingerprint density at radius 2 is 1.48 bits per heavy atom. The summed E-state index contributed by atoms with van der Waals surface area (Å²) >= 11 is 0. The normalized spacial score (nSPS) is 19.5. The fourth-order valence-corrected chi connectivity index (χ4v) is 5.93. The van der Waals surface area contributed by atoms with Crippen molar-refractivity contribution in [1.29, 1.82) is 0 Å².